The molecule has 0 amide bonds. The molecule has 1 atom stereocenters. The van der Waals surface area contributed by atoms with E-state index in [1.54, 1.807) is 11.3 Å². The van der Waals surface area contributed by atoms with E-state index in [-0.39, 0.29) is 0 Å². The second kappa shape index (κ2) is 5.08. The van der Waals surface area contributed by atoms with Crippen LogP contribution in [0, 0.1) is 0 Å². The van der Waals surface area contributed by atoms with Gasteiger partial charge in [0.15, 0.2) is 0 Å². The highest BCUT2D eigenvalue weighted by molar-refractivity contribution is 9.09. The molecule has 2 nitrogen and oxygen atoms in total. The van der Waals surface area contributed by atoms with E-state index >= 15 is 0 Å². The highest BCUT2D eigenvalue weighted by Crippen LogP contribution is 2.17. The Morgan fingerprint density at radius 3 is 2.85 bits per heavy atom. The van der Waals surface area contributed by atoms with Gasteiger partial charge < -0.3 is 4.90 Å². The zero-order valence-corrected chi connectivity index (χ0v) is 10.7. The number of nitrogens with zero attached hydrogens (tertiary/aromatic N) is 2. The van der Waals surface area contributed by atoms with E-state index in [9.17, 15) is 0 Å². The van der Waals surface area contributed by atoms with E-state index in [0.29, 0.717) is 4.83 Å². The lowest BCUT2D eigenvalue weighted by Gasteiger charge is -2.05. The van der Waals surface area contributed by atoms with Crippen molar-refractivity contribution in [3.05, 3.63) is 16.1 Å². The third-order valence-electron chi connectivity index (χ3n) is 1.53. The summed E-state index contributed by atoms with van der Waals surface area (Å²) < 4.78 is 0. The zero-order valence-electron chi connectivity index (χ0n) is 8.25. The molecule has 0 N–H and O–H groups in total. The molecule has 1 unspecified atom stereocenters. The molecular weight excluding hydrogens is 248 g/mol. The van der Waals surface area contributed by atoms with Gasteiger partial charge in [0.05, 0.1) is 5.01 Å². The van der Waals surface area contributed by atoms with E-state index < -0.39 is 0 Å². The summed E-state index contributed by atoms with van der Waals surface area (Å²) in [6.45, 7) is 3.14. The van der Waals surface area contributed by atoms with Crippen molar-refractivity contribution in [1.29, 1.82) is 0 Å². The maximum absolute atomic E-state index is 4.37. The fourth-order valence-electron chi connectivity index (χ4n) is 1.07. The Balaban J connectivity index is 2.53. The Bertz CT molecular complexity index is 233. The minimum absolute atomic E-state index is 0.519. The summed E-state index contributed by atoms with van der Waals surface area (Å²) in [5.74, 6) is 0. The molecule has 0 radical (unpaired) electrons. The van der Waals surface area contributed by atoms with Crippen LogP contribution in [0.25, 0.3) is 0 Å². The Hall–Kier alpha value is 0.0700. The van der Waals surface area contributed by atoms with Crippen molar-refractivity contribution in [2.24, 2.45) is 0 Å². The Kier molecular flexibility index (Phi) is 4.35. The predicted octanol–water partition coefficient (Wildman–Crippen LogP) is 2.53. The van der Waals surface area contributed by atoms with Crippen LogP contribution in [-0.2, 0) is 13.0 Å². The average molecular weight is 263 g/mol. The topological polar surface area (TPSA) is 16.1 Å². The van der Waals surface area contributed by atoms with Crippen LogP contribution in [0.4, 0.5) is 0 Å². The monoisotopic (exact) mass is 262 g/mol. The molecule has 0 spiro atoms. The second-order valence-corrected chi connectivity index (χ2v) is 6.21. The minimum Gasteiger partial charge on any atom is -0.304 e. The van der Waals surface area contributed by atoms with E-state index in [1.165, 1.54) is 9.88 Å². The van der Waals surface area contributed by atoms with Crippen molar-refractivity contribution in [2.75, 3.05) is 14.1 Å². The highest BCUT2D eigenvalue weighted by atomic mass is 79.9. The van der Waals surface area contributed by atoms with Crippen molar-refractivity contribution in [3.63, 3.8) is 0 Å². The van der Waals surface area contributed by atoms with Crippen molar-refractivity contribution in [1.82, 2.24) is 9.88 Å². The fraction of sp³-hybridized carbons (Fsp3) is 0.667. The normalized spacial score (nSPS) is 13.6. The van der Waals surface area contributed by atoms with Gasteiger partial charge in [0.2, 0.25) is 0 Å². The average Bonchev–Trinajstić information content (AvgIpc) is 2.33. The summed E-state index contributed by atoms with van der Waals surface area (Å²) in [7, 11) is 4.15. The first-order valence-electron chi connectivity index (χ1n) is 4.30. The molecule has 13 heavy (non-hydrogen) atoms. The van der Waals surface area contributed by atoms with Crippen LogP contribution in [0.3, 0.4) is 0 Å². The second-order valence-electron chi connectivity index (χ2n) is 3.44. The van der Waals surface area contributed by atoms with Gasteiger partial charge in [-0.3, -0.25) is 0 Å². The summed E-state index contributed by atoms with van der Waals surface area (Å²) in [5, 5.41) is 1.22. The predicted molar refractivity (Wildman–Crippen MR) is 61.6 cm³/mol. The van der Waals surface area contributed by atoms with Crippen LogP contribution in [0.15, 0.2) is 6.20 Å². The largest absolute Gasteiger partial charge is 0.304 e. The van der Waals surface area contributed by atoms with Gasteiger partial charge in [-0.2, -0.15) is 0 Å². The number of hydrogen-bond acceptors (Lipinski definition) is 3. The van der Waals surface area contributed by atoms with Gasteiger partial charge >= 0.3 is 0 Å². The quantitative estimate of drug-likeness (QED) is 0.776. The number of halogens is 1. The van der Waals surface area contributed by atoms with E-state index in [2.05, 4.69) is 46.8 Å². The molecule has 0 aromatic carbocycles. The lowest BCUT2D eigenvalue weighted by atomic mass is 10.3. The summed E-state index contributed by atoms with van der Waals surface area (Å²) in [5.41, 5.74) is 0. The van der Waals surface area contributed by atoms with Crippen LogP contribution < -0.4 is 0 Å². The highest BCUT2D eigenvalue weighted by Gasteiger charge is 2.05. The van der Waals surface area contributed by atoms with E-state index in [1.807, 2.05) is 6.20 Å². The van der Waals surface area contributed by atoms with E-state index in [4.69, 9.17) is 0 Å². The van der Waals surface area contributed by atoms with Gasteiger partial charge in [-0.1, -0.05) is 22.9 Å². The van der Waals surface area contributed by atoms with Gasteiger partial charge in [-0.15, -0.1) is 11.3 Å². The molecule has 0 saturated carbocycles. The van der Waals surface area contributed by atoms with Crippen LogP contribution in [0.2, 0.25) is 0 Å². The lowest BCUT2D eigenvalue weighted by molar-refractivity contribution is 0.406. The van der Waals surface area contributed by atoms with Crippen LogP contribution in [0.5, 0.6) is 0 Å². The molecule has 0 aliphatic carbocycles. The third-order valence-corrected chi connectivity index (χ3v) is 2.86. The molecule has 1 rings (SSSR count). The first-order valence-corrected chi connectivity index (χ1v) is 6.03. The molecule has 0 aliphatic rings. The standard InChI is InChI=1S/C9H15BrN2S/c1-7(10)4-9-11-5-8(13-9)6-12(2)3/h5,7H,4,6H2,1-3H3. The zero-order chi connectivity index (χ0) is 9.84. The molecule has 0 saturated heterocycles. The Morgan fingerprint density at radius 1 is 1.62 bits per heavy atom. The number of thiazole rings is 1. The molecular formula is C9H15BrN2S. The molecule has 74 valence electrons. The van der Waals surface area contributed by atoms with E-state index in [0.717, 1.165) is 13.0 Å². The van der Waals surface area contributed by atoms with Crippen LogP contribution in [0.1, 0.15) is 16.8 Å². The first kappa shape index (κ1) is 11.1. The van der Waals surface area contributed by atoms with Gasteiger partial charge in [0, 0.05) is 28.9 Å². The molecule has 0 bridgehead atoms. The van der Waals surface area contributed by atoms with Gasteiger partial charge in [-0.05, 0) is 14.1 Å². The van der Waals surface area contributed by atoms with Crippen LogP contribution in [-0.4, -0.2) is 28.8 Å². The fourth-order valence-corrected chi connectivity index (χ4v) is 2.76. The summed E-state index contributed by atoms with van der Waals surface area (Å²) in [6.07, 6.45) is 3.01. The number of rotatable bonds is 4. The summed E-state index contributed by atoms with van der Waals surface area (Å²) >= 11 is 5.33. The van der Waals surface area contributed by atoms with Crippen molar-refractivity contribution >= 4 is 27.3 Å². The summed E-state index contributed by atoms with van der Waals surface area (Å²) in [6, 6.07) is 0. The van der Waals surface area contributed by atoms with Gasteiger partial charge in [0.25, 0.3) is 0 Å². The number of hydrogen-bond donors (Lipinski definition) is 0. The number of alkyl halides is 1. The molecule has 4 heteroatoms. The van der Waals surface area contributed by atoms with Crippen LogP contribution >= 0.6 is 27.3 Å². The molecule has 1 aromatic rings. The lowest BCUT2D eigenvalue weighted by Crippen LogP contribution is -2.09. The summed E-state index contributed by atoms with van der Waals surface area (Å²) in [4.78, 5) is 8.39. The molecule has 0 fully saturated rings. The Morgan fingerprint density at radius 2 is 2.31 bits per heavy atom. The molecule has 1 heterocycles. The van der Waals surface area contributed by atoms with Crippen molar-refractivity contribution in [3.8, 4) is 0 Å². The third kappa shape index (κ3) is 4.20. The minimum atomic E-state index is 0.519. The molecule has 0 aliphatic heterocycles. The maximum Gasteiger partial charge on any atom is 0.0939 e. The van der Waals surface area contributed by atoms with Crippen molar-refractivity contribution < 1.29 is 0 Å². The smallest absolute Gasteiger partial charge is 0.0939 e. The maximum atomic E-state index is 4.37. The SMILES string of the molecule is CC(Br)Cc1ncc(CN(C)C)s1. The number of aromatic nitrogens is 1. The molecule has 1 aromatic heterocycles. The Labute approximate surface area is 92.1 Å². The van der Waals surface area contributed by atoms with Gasteiger partial charge in [0.1, 0.15) is 0 Å². The first-order chi connectivity index (χ1) is 6.08. The van der Waals surface area contributed by atoms with Gasteiger partial charge in [-0.25, -0.2) is 4.98 Å². The van der Waals surface area contributed by atoms with Crippen molar-refractivity contribution in [2.45, 2.75) is 24.7 Å².